The third-order valence-corrected chi connectivity index (χ3v) is 3.82. The van der Waals surface area contributed by atoms with Crippen LogP contribution in [0.3, 0.4) is 0 Å². The molecule has 18 heavy (non-hydrogen) atoms. The Morgan fingerprint density at radius 1 is 1.39 bits per heavy atom. The summed E-state index contributed by atoms with van der Waals surface area (Å²) >= 11 is 0. The molecular formula is C15H23FN2. The summed E-state index contributed by atoms with van der Waals surface area (Å²) in [6.07, 6.45) is 3.94. The van der Waals surface area contributed by atoms with Gasteiger partial charge in [0.25, 0.3) is 0 Å². The highest BCUT2D eigenvalue weighted by atomic mass is 19.1. The van der Waals surface area contributed by atoms with E-state index >= 15 is 0 Å². The molecule has 0 bridgehead atoms. The number of rotatable bonds is 6. The molecule has 100 valence electrons. The zero-order chi connectivity index (χ0) is 13.0. The zero-order valence-corrected chi connectivity index (χ0v) is 11.4. The molecule has 0 unspecified atom stereocenters. The molecule has 1 saturated carbocycles. The molecule has 0 heterocycles. The van der Waals surface area contributed by atoms with Crippen LogP contribution in [0.5, 0.6) is 0 Å². The Kier molecular flexibility index (Phi) is 4.59. The first-order valence-electron chi connectivity index (χ1n) is 6.92. The van der Waals surface area contributed by atoms with Crippen LogP contribution in [0.1, 0.15) is 31.7 Å². The number of anilines is 1. The Hall–Kier alpha value is -1.09. The summed E-state index contributed by atoms with van der Waals surface area (Å²) in [5.41, 5.74) is 1.75. The third-order valence-electron chi connectivity index (χ3n) is 3.82. The first kappa shape index (κ1) is 13.3. The minimum absolute atomic E-state index is 0.0936. The van der Waals surface area contributed by atoms with Crippen molar-refractivity contribution in [2.45, 2.75) is 32.7 Å². The number of halogens is 1. The van der Waals surface area contributed by atoms with Crippen LogP contribution in [0.15, 0.2) is 18.2 Å². The molecule has 2 nitrogen and oxygen atoms in total. The van der Waals surface area contributed by atoms with Gasteiger partial charge in [-0.15, -0.1) is 0 Å². The number of hydrogen-bond donors (Lipinski definition) is 1. The average molecular weight is 250 g/mol. The SMILES string of the molecule is CCN(CC1CCC1)c1ccc(CNC)cc1F. The summed E-state index contributed by atoms with van der Waals surface area (Å²) in [6.45, 7) is 4.68. The summed E-state index contributed by atoms with van der Waals surface area (Å²) in [5, 5.41) is 3.04. The summed E-state index contributed by atoms with van der Waals surface area (Å²) in [4.78, 5) is 2.17. The van der Waals surface area contributed by atoms with Crippen LogP contribution in [0.4, 0.5) is 10.1 Å². The normalized spacial score (nSPS) is 15.5. The molecule has 1 fully saturated rings. The predicted octanol–water partition coefficient (Wildman–Crippen LogP) is 3.17. The molecule has 0 aliphatic heterocycles. The number of nitrogens with one attached hydrogen (secondary N) is 1. The Morgan fingerprint density at radius 3 is 2.67 bits per heavy atom. The maximum atomic E-state index is 14.1. The van der Waals surface area contributed by atoms with Gasteiger partial charge in [0.15, 0.2) is 0 Å². The van der Waals surface area contributed by atoms with E-state index in [-0.39, 0.29) is 5.82 Å². The van der Waals surface area contributed by atoms with Crippen LogP contribution in [0.2, 0.25) is 0 Å². The highest BCUT2D eigenvalue weighted by Crippen LogP contribution is 2.30. The van der Waals surface area contributed by atoms with Crippen molar-refractivity contribution in [1.82, 2.24) is 5.32 Å². The number of benzene rings is 1. The molecule has 0 radical (unpaired) electrons. The summed E-state index contributed by atoms with van der Waals surface area (Å²) in [7, 11) is 1.88. The quantitative estimate of drug-likeness (QED) is 0.834. The highest BCUT2D eigenvalue weighted by molar-refractivity contribution is 5.49. The molecule has 1 aromatic rings. The molecule has 0 aromatic heterocycles. The van der Waals surface area contributed by atoms with Crippen LogP contribution in [0.25, 0.3) is 0 Å². The average Bonchev–Trinajstić information content (AvgIpc) is 2.30. The number of nitrogens with zero attached hydrogens (tertiary/aromatic N) is 1. The molecule has 0 spiro atoms. The van der Waals surface area contributed by atoms with E-state index in [0.29, 0.717) is 6.54 Å². The van der Waals surface area contributed by atoms with Gasteiger partial charge in [-0.25, -0.2) is 4.39 Å². The lowest BCUT2D eigenvalue weighted by molar-refractivity contribution is 0.318. The molecule has 1 N–H and O–H groups in total. The van der Waals surface area contributed by atoms with Crippen molar-refractivity contribution in [2.75, 3.05) is 25.0 Å². The monoisotopic (exact) mass is 250 g/mol. The van der Waals surface area contributed by atoms with Gasteiger partial charge in [-0.3, -0.25) is 0 Å². The Morgan fingerprint density at radius 2 is 2.17 bits per heavy atom. The van der Waals surface area contributed by atoms with E-state index in [4.69, 9.17) is 0 Å². The van der Waals surface area contributed by atoms with Crippen molar-refractivity contribution >= 4 is 5.69 Å². The molecule has 0 atom stereocenters. The van der Waals surface area contributed by atoms with Crippen LogP contribution >= 0.6 is 0 Å². The van der Waals surface area contributed by atoms with Crippen LogP contribution in [-0.2, 0) is 6.54 Å². The van der Waals surface area contributed by atoms with Crippen molar-refractivity contribution in [3.63, 3.8) is 0 Å². The van der Waals surface area contributed by atoms with Gasteiger partial charge in [0.1, 0.15) is 5.82 Å². The standard InChI is InChI=1S/C15H23FN2/c1-3-18(11-12-5-4-6-12)15-8-7-13(10-17-2)9-14(15)16/h7-9,12,17H,3-6,10-11H2,1-2H3. The highest BCUT2D eigenvalue weighted by Gasteiger charge is 2.21. The second kappa shape index (κ2) is 6.19. The third kappa shape index (κ3) is 3.02. The van der Waals surface area contributed by atoms with E-state index in [1.165, 1.54) is 19.3 Å². The Labute approximate surface area is 109 Å². The summed E-state index contributed by atoms with van der Waals surface area (Å²) < 4.78 is 14.1. The van der Waals surface area contributed by atoms with Crippen LogP contribution in [-0.4, -0.2) is 20.1 Å². The van der Waals surface area contributed by atoms with E-state index in [1.54, 1.807) is 6.07 Å². The minimum atomic E-state index is -0.0936. The van der Waals surface area contributed by atoms with Gasteiger partial charge in [-0.05, 0) is 50.4 Å². The van der Waals surface area contributed by atoms with Crippen molar-refractivity contribution in [2.24, 2.45) is 5.92 Å². The van der Waals surface area contributed by atoms with Gasteiger partial charge in [0.2, 0.25) is 0 Å². The molecule has 3 heteroatoms. The van der Waals surface area contributed by atoms with Crippen molar-refractivity contribution < 1.29 is 4.39 Å². The smallest absolute Gasteiger partial charge is 0.146 e. The summed E-state index contributed by atoms with van der Waals surface area (Å²) in [5.74, 6) is 0.672. The zero-order valence-electron chi connectivity index (χ0n) is 11.4. The first-order valence-corrected chi connectivity index (χ1v) is 6.92. The molecule has 2 rings (SSSR count). The van der Waals surface area contributed by atoms with Gasteiger partial charge in [-0.1, -0.05) is 12.5 Å². The van der Waals surface area contributed by atoms with Gasteiger partial charge >= 0.3 is 0 Å². The van der Waals surface area contributed by atoms with E-state index in [1.807, 2.05) is 19.2 Å². The fourth-order valence-electron chi connectivity index (χ4n) is 2.51. The predicted molar refractivity (Wildman–Crippen MR) is 74.4 cm³/mol. The number of hydrogen-bond acceptors (Lipinski definition) is 2. The summed E-state index contributed by atoms with van der Waals surface area (Å²) in [6, 6.07) is 5.58. The lowest BCUT2D eigenvalue weighted by Gasteiger charge is -2.33. The second-order valence-corrected chi connectivity index (χ2v) is 5.15. The second-order valence-electron chi connectivity index (χ2n) is 5.15. The van der Waals surface area contributed by atoms with Crippen molar-refractivity contribution in [3.05, 3.63) is 29.6 Å². The maximum absolute atomic E-state index is 14.1. The maximum Gasteiger partial charge on any atom is 0.146 e. The topological polar surface area (TPSA) is 15.3 Å². The molecule has 1 aromatic carbocycles. The molecule has 0 saturated heterocycles. The van der Waals surface area contributed by atoms with Crippen molar-refractivity contribution in [3.8, 4) is 0 Å². The van der Waals surface area contributed by atoms with Gasteiger partial charge in [-0.2, -0.15) is 0 Å². The first-order chi connectivity index (χ1) is 8.74. The van der Waals surface area contributed by atoms with E-state index in [2.05, 4.69) is 17.1 Å². The Balaban J connectivity index is 2.09. The minimum Gasteiger partial charge on any atom is -0.369 e. The Bertz CT molecular complexity index is 388. The van der Waals surface area contributed by atoms with Gasteiger partial charge in [0.05, 0.1) is 5.69 Å². The molecule has 0 amide bonds. The van der Waals surface area contributed by atoms with Crippen LogP contribution < -0.4 is 10.2 Å². The fourth-order valence-corrected chi connectivity index (χ4v) is 2.51. The molecular weight excluding hydrogens is 227 g/mol. The van der Waals surface area contributed by atoms with Gasteiger partial charge < -0.3 is 10.2 Å². The van der Waals surface area contributed by atoms with E-state index in [9.17, 15) is 4.39 Å². The van der Waals surface area contributed by atoms with E-state index < -0.39 is 0 Å². The van der Waals surface area contributed by atoms with Crippen LogP contribution in [0, 0.1) is 11.7 Å². The molecule has 1 aliphatic carbocycles. The molecule has 1 aliphatic rings. The fraction of sp³-hybridized carbons (Fsp3) is 0.600. The van der Waals surface area contributed by atoms with E-state index in [0.717, 1.165) is 30.3 Å². The van der Waals surface area contributed by atoms with Gasteiger partial charge in [0, 0.05) is 19.6 Å². The van der Waals surface area contributed by atoms with Crippen molar-refractivity contribution in [1.29, 1.82) is 0 Å². The lowest BCUT2D eigenvalue weighted by atomic mass is 9.85. The lowest BCUT2D eigenvalue weighted by Crippen LogP contribution is -2.33. The largest absolute Gasteiger partial charge is 0.369 e.